The molecule has 0 spiro atoms. The maximum absolute atomic E-state index is 10.7. The summed E-state index contributed by atoms with van der Waals surface area (Å²) in [6.45, 7) is 2.32. The Balaban J connectivity index is 2.94. The van der Waals surface area contributed by atoms with Crippen LogP contribution in [0.2, 0.25) is 0 Å². The second kappa shape index (κ2) is 2.70. The van der Waals surface area contributed by atoms with Gasteiger partial charge in [0.15, 0.2) is 5.76 Å². The Morgan fingerprint density at radius 3 is 2.80 bits per heavy atom. The summed E-state index contributed by atoms with van der Waals surface area (Å²) >= 11 is 0. The van der Waals surface area contributed by atoms with Gasteiger partial charge in [0.25, 0.3) is 5.56 Å². The molecule has 0 amide bonds. The van der Waals surface area contributed by atoms with Crippen LogP contribution in [-0.4, -0.2) is 12.2 Å². The van der Waals surface area contributed by atoms with Gasteiger partial charge in [-0.05, 0) is 14.0 Å². The van der Waals surface area contributed by atoms with E-state index in [0.717, 1.165) is 0 Å². The molecule has 0 bridgehead atoms. The quantitative estimate of drug-likeness (QED) is 0.610. The van der Waals surface area contributed by atoms with E-state index < -0.39 is 0 Å². The molecule has 0 saturated carbocycles. The van der Waals surface area contributed by atoms with E-state index >= 15 is 0 Å². The first-order chi connectivity index (χ1) is 4.75. The third-order valence-corrected chi connectivity index (χ3v) is 1.36. The number of hydrogen-bond acceptors (Lipinski definition) is 3. The van der Waals surface area contributed by atoms with Crippen molar-refractivity contribution in [3.8, 4) is 0 Å². The van der Waals surface area contributed by atoms with E-state index in [0.29, 0.717) is 17.9 Å². The average molecular weight is 142 g/mol. The van der Waals surface area contributed by atoms with Crippen molar-refractivity contribution in [3.05, 3.63) is 21.7 Å². The lowest BCUT2D eigenvalue weighted by Gasteiger charge is -1.91. The van der Waals surface area contributed by atoms with Crippen molar-refractivity contribution in [1.29, 1.82) is 0 Å². The molecule has 0 aliphatic rings. The van der Waals surface area contributed by atoms with Crippen LogP contribution in [0.5, 0.6) is 0 Å². The summed E-state index contributed by atoms with van der Waals surface area (Å²) in [4.78, 5) is 10.7. The first-order valence-corrected chi connectivity index (χ1v) is 3.07. The Morgan fingerprint density at radius 2 is 2.40 bits per heavy atom. The standard InChI is InChI=1S/C6H10N2O2/c1-4-5(3-7-2)10-8-6(4)9/h7H,3H2,1-2H3,(H,8,9). The SMILES string of the molecule is CNCc1o[nH]c(=O)c1C. The summed E-state index contributed by atoms with van der Waals surface area (Å²) in [6, 6.07) is 0. The van der Waals surface area contributed by atoms with E-state index in [1.807, 2.05) is 0 Å². The van der Waals surface area contributed by atoms with Gasteiger partial charge in [-0.15, -0.1) is 0 Å². The topological polar surface area (TPSA) is 58.0 Å². The molecule has 0 aliphatic heterocycles. The minimum absolute atomic E-state index is 0.148. The molecular formula is C6H10N2O2. The lowest BCUT2D eigenvalue weighted by atomic mass is 10.3. The molecule has 1 aromatic rings. The molecule has 0 saturated heterocycles. The lowest BCUT2D eigenvalue weighted by molar-refractivity contribution is 0.372. The molecule has 10 heavy (non-hydrogen) atoms. The van der Waals surface area contributed by atoms with Gasteiger partial charge in [0.2, 0.25) is 0 Å². The molecule has 1 rings (SSSR count). The molecule has 0 aromatic carbocycles. The summed E-state index contributed by atoms with van der Waals surface area (Å²) < 4.78 is 4.84. The highest BCUT2D eigenvalue weighted by atomic mass is 16.5. The van der Waals surface area contributed by atoms with Crippen molar-refractivity contribution in [2.45, 2.75) is 13.5 Å². The van der Waals surface area contributed by atoms with Crippen molar-refractivity contribution in [3.63, 3.8) is 0 Å². The van der Waals surface area contributed by atoms with E-state index in [-0.39, 0.29) is 5.56 Å². The van der Waals surface area contributed by atoms with Crippen LogP contribution < -0.4 is 10.9 Å². The summed E-state index contributed by atoms with van der Waals surface area (Å²) in [5.74, 6) is 0.674. The predicted octanol–water partition coefficient (Wildman–Crippen LogP) is -0.00428. The molecular weight excluding hydrogens is 132 g/mol. The zero-order valence-electron chi connectivity index (χ0n) is 6.02. The van der Waals surface area contributed by atoms with Crippen molar-refractivity contribution >= 4 is 0 Å². The number of rotatable bonds is 2. The molecule has 0 aliphatic carbocycles. The number of aromatic amines is 1. The van der Waals surface area contributed by atoms with Crippen molar-refractivity contribution in [2.24, 2.45) is 0 Å². The van der Waals surface area contributed by atoms with E-state index in [4.69, 9.17) is 4.52 Å². The number of aromatic nitrogens is 1. The van der Waals surface area contributed by atoms with Gasteiger partial charge < -0.3 is 9.84 Å². The fourth-order valence-electron chi connectivity index (χ4n) is 0.717. The molecule has 56 valence electrons. The van der Waals surface area contributed by atoms with Gasteiger partial charge in [0.05, 0.1) is 12.1 Å². The second-order valence-electron chi connectivity index (χ2n) is 2.11. The Bertz CT molecular complexity index is 261. The molecule has 4 nitrogen and oxygen atoms in total. The van der Waals surface area contributed by atoms with Crippen LogP contribution in [0.4, 0.5) is 0 Å². The predicted molar refractivity (Wildman–Crippen MR) is 36.8 cm³/mol. The number of nitrogens with one attached hydrogen (secondary N) is 2. The largest absolute Gasteiger partial charge is 0.382 e. The normalized spacial score (nSPS) is 10.2. The Morgan fingerprint density at radius 1 is 1.70 bits per heavy atom. The molecule has 1 aromatic heterocycles. The lowest BCUT2D eigenvalue weighted by Crippen LogP contribution is -2.07. The molecule has 1 heterocycles. The Labute approximate surface area is 58.2 Å². The van der Waals surface area contributed by atoms with Crippen LogP contribution >= 0.6 is 0 Å². The van der Waals surface area contributed by atoms with E-state index in [9.17, 15) is 4.79 Å². The van der Waals surface area contributed by atoms with Gasteiger partial charge in [-0.3, -0.25) is 4.79 Å². The van der Waals surface area contributed by atoms with Crippen LogP contribution in [0.25, 0.3) is 0 Å². The third-order valence-electron chi connectivity index (χ3n) is 1.36. The van der Waals surface area contributed by atoms with Crippen molar-refractivity contribution < 1.29 is 4.52 Å². The van der Waals surface area contributed by atoms with Gasteiger partial charge in [0, 0.05) is 0 Å². The zero-order valence-corrected chi connectivity index (χ0v) is 6.02. The van der Waals surface area contributed by atoms with E-state index in [1.54, 1.807) is 14.0 Å². The highest BCUT2D eigenvalue weighted by Crippen LogP contribution is 1.98. The van der Waals surface area contributed by atoms with Crippen LogP contribution in [0.15, 0.2) is 9.32 Å². The average Bonchev–Trinajstić information content (AvgIpc) is 2.20. The van der Waals surface area contributed by atoms with Gasteiger partial charge in [-0.1, -0.05) is 0 Å². The first-order valence-electron chi connectivity index (χ1n) is 3.07. The fraction of sp³-hybridized carbons (Fsp3) is 0.500. The third kappa shape index (κ3) is 1.11. The number of hydrogen-bond donors (Lipinski definition) is 2. The van der Waals surface area contributed by atoms with Crippen LogP contribution in [-0.2, 0) is 6.54 Å². The summed E-state index contributed by atoms with van der Waals surface area (Å²) in [7, 11) is 1.80. The van der Waals surface area contributed by atoms with Crippen LogP contribution in [0.1, 0.15) is 11.3 Å². The highest BCUT2D eigenvalue weighted by molar-refractivity contribution is 5.10. The van der Waals surface area contributed by atoms with Crippen molar-refractivity contribution in [2.75, 3.05) is 7.05 Å². The smallest absolute Gasteiger partial charge is 0.283 e. The maximum Gasteiger partial charge on any atom is 0.283 e. The van der Waals surface area contributed by atoms with Gasteiger partial charge in [0.1, 0.15) is 0 Å². The molecule has 0 radical (unpaired) electrons. The molecule has 4 heteroatoms. The molecule has 2 N–H and O–H groups in total. The Kier molecular flexibility index (Phi) is 1.91. The summed E-state index contributed by atoms with van der Waals surface area (Å²) in [6.07, 6.45) is 0. The fourth-order valence-corrected chi connectivity index (χ4v) is 0.717. The van der Waals surface area contributed by atoms with Gasteiger partial charge in [-0.25, -0.2) is 0 Å². The summed E-state index contributed by atoms with van der Waals surface area (Å²) in [5.41, 5.74) is 0.500. The molecule has 0 fully saturated rings. The zero-order chi connectivity index (χ0) is 7.56. The van der Waals surface area contributed by atoms with Crippen LogP contribution in [0.3, 0.4) is 0 Å². The Hall–Kier alpha value is -1.03. The molecule has 0 atom stereocenters. The summed E-state index contributed by atoms with van der Waals surface area (Å²) in [5, 5.41) is 5.14. The monoisotopic (exact) mass is 142 g/mol. The second-order valence-corrected chi connectivity index (χ2v) is 2.11. The number of H-pyrrole nitrogens is 1. The highest BCUT2D eigenvalue weighted by Gasteiger charge is 2.04. The van der Waals surface area contributed by atoms with Crippen molar-refractivity contribution in [1.82, 2.24) is 10.5 Å². The van der Waals surface area contributed by atoms with E-state index in [2.05, 4.69) is 10.5 Å². The van der Waals surface area contributed by atoms with E-state index in [1.165, 1.54) is 0 Å². The first kappa shape index (κ1) is 7.08. The van der Waals surface area contributed by atoms with Crippen LogP contribution in [0, 0.1) is 6.92 Å². The minimum atomic E-state index is -0.148. The van der Waals surface area contributed by atoms with Gasteiger partial charge in [-0.2, -0.15) is 5.16 Å². The molecule has 0 unspecified atom stereocenters. The van der Waals surface area contributed by atoms with Gasteiger partial charge >= 0.3 is 0 Å². The maximum atomic E-state index is 10.7. The minimum Gasteiger partial charge on any atom is -0.382 e.